The van der Waals surface area contributed by atoms with E-state index in [2.05, 4.69) is 0 Å². The van der Waals surface area contributed by atoms with Gasteiger partial charge in [-0.3, -0.25) is 9.59 Å². The molecule has 0 spiro atoms. The quantitative estimate of drug-likeness (QED) is 0.580. The summed E-state index contributed by atoms with van der Waals surface area (Å²) < 4.78 is 15.2. The molecule has 1 aromatic carbocycles. The summed E-state index contributed by atoms with van der Waals surface area (Å²) in [4.78, 5) is 22.8. The van der Waals surface area contributed by atoms with Gasteiger partial charge in [-0.2, -0.15) is 0 Å². The summed E-state index contributed by atoms with van der Waals surface area (Å²) in [6.45, 7) is 2.16. The van der Waals surface area contributed by atoms with E-state index in [-0.39, 0.29) is 32.0 Å². The van der Waals surface area contributed by atoms with Crippen LogP contribution in [0.2, 0.25) is 0 Å². The molecular weight excluding hydrogens is 288 g/mol. The van der Waals surface area contributed by atoms with Crippen molar-refractivity contribution in [2.75, 3.05) is 13.4 Å². The van der Waals surface area contributed by atoms with Crippen molar-refractivity contribution in [2.24, 2.45) is 0 Å². The fourth-order valence-corrected chi connectivity index (χ4v) is 2.24. The van der Waals surface area contributed by atoms with Crippen molar-refractivity contribution in [1.82, 2.24) is 0 Å². The number of ether oxygens (including phenoxy) is 3. The van der Waals surface area contributed by atoms with Crippen molar-refractivity contribution in [2.45, 2.75) is 38.7 Å². The van der Waals surface area contributed by atoms with Crippen LogP contribution >= 0.6 is 0 Å². The van der Waals surface area contributed by atoms with Crippen LogP contribution in [0.15, 0.2) is 18.2 Å². The summed E-state index contributed by atoms with van der Waals surface area (Å²) in [7, 11) is 0. The second-order valence-corrected chi connectivity index (χ2v) is 5.10. The molecule has 0 saturated carbocycles. The minimum Gasteiger partial charge on any atom is -0.466 e. The van der Waals surface area contributed by atoms with Crippen molar-refractivity contribution >= 4 is 11.8 Å². The zero-order chi connectivity index (χ0) is 15.9. The van der Waals surface area contributed by atoms with Crippen LogP contribution in [0.25, 0.3) is 0 Å². The maximum Gasteiger partial charge on any atom is 0.313 e. The Morgan fingerprint density at radius 2 is 2.09 bits per heavy atom. The molecule has 2 rings (SSSR count). The van der Waals surface area contributed by atoms with Gasteiger partial charge in [0, 0.05) is 6.42 Å². The number of hydrogen-bond acceptors (Lipinski definition) is 6. The highest BCUT2D eigenvalue weighted by atomic mass is 16.7. The number of benzene rings is 1. The number of fused-ring (bicyclic) bond motifs is 1. The van der Waals surface area contributed by atoms with Crippen LogP contribution in [0.5, 0.6) is 11.5 Å². The number of rotatable bonds is 8. The number of Topliss-reactive ketones (excluding diaryl/α,β-unsaturated/α-hetero) is 1. The number of esters is 1. The summed E-state index contributed by atoms with van der Waals surface area (Å²) in [5.74, 6) is 0.561. The summed E-state index contributed by atoms with van der Waals surface area (Å²) >= 11 is 0. The molecule has 1 heterocycles. The number of aryl methyl sites for hydroxylation is 1. The zero-order valence-electron chi connectivity index (χ0n) is 12.5. The van der Waals surface area contributed by atoms with E-state index < -0.39 is 12.1 Å². The first-order valence-corrected chi connectivity index (χ1v) is 7.32. The lowest BCUT2D eigenvalue weighted by molar-refractivity contribution is -0.145. The lowest BCUT2D eigenvalue weighted by atomic mass is 10.0. The van der Waals surface area contributed by atoms with Crippen LogP contribution in [0.1, 0.15) is 31.7 Å². The topological polar surface area (TPSA) is 82.1 Å². The van der Waals surface area contributed by atoms with E-state index in [0.717, 1.165) is 5.56 Å². The highest BCUT2D eigenvalue weighted by Crippen LogP contribution is 2.32. The molecule has 1 aliphatic rings. The Labute approximate surface area is 129 Å². The molecule has 0 saturated heterocycles. The highest BCUT2D eigenvalue weighted by Gasteiger charge is 2.17. The first-order valence-electron chi connectivity index (χ1n) is 7.32. The molecule has 6 nitrogen and oxygen atoms in total. The largest absolute Gasteiger partial charge is 0.466 e. The van der Waals surface area contributed by atoms with E-state index in [1.54, 1.807) is 6.92 Å². The molecule has 1 unspecified atom stereocenters. The molecule has 120 valence electrons. The van der Waals surface area contributed by atoms with E-state index in [4.69, 9.17) is 14.2 Å². The van der Waals surface area contributed by atoms with Gasteiger partial charge >= 0.3 is 5.97 Å². The van der Waals surface area contributed by atoms with Crippen LogP contribution < -0.4 is 9.47 Å². The Morgan fingerprint density at radius 1 is 1.32 bits per heavy atom. The van der Waals surface area contributed by atoms with Crippen molar-refractivity contribution in [3.8, 4) is 11.5 Å². The van der Waals surface area contributed by atoms with Crippen LogP contribution in [0, 0.1) is 0 Å². The molecule has 0 aliphatic carbocycles. The second kappa shape index (κ2) is 7.79. The van der Waals surface area contributed by atoms with E-state index in [1.165, 1.54) is 0 Å². The van der Waals surface area contributed by atoms with Crippen LogP contribution in [0.4, 0.5) is 0 Å². The molecule has 22 heavy (non-hydrogen) atoms. The SMILES string of the molecule is CCOC(=O)CC(=O)CC(O)CCc1ccc2c(c1)OCO2. The molecule has 1 aliphatic heterocycles. The third kappa shape index (κ3) is 4.73. The average molecular weight is 308 g/mol. The van der Waals surface area contributed by atoms with Crippen LogP contribution in [0.3, 0.4) is 0 Å². The van der Waals surface area contributed by atoms with E-state index in [1.807, 2.05) is 18.2 Å². The average Bonchev–Trinajstić information content (AvgIpc) is 2.92. The minimum absolute atomic E-state index is 0.0383. The van der Waals surface area contributed by atoms with Gasteiger partial charge in [0.2, 0.25) is 6.79 Å². The molecular formula is C16H20O6. The Bertz CT molecular complexity index is 539. The Kier molecular flexibility index (Phi) is 5.77. The van der Waals surface area contributed by atoms with Crippen molar-refractivity contribution in [3.05, 3.63) is 23.8 Å². The molecule has 0 radical (unpaired) electrons. The number of carbonyl (C=O) groups excluding carboxylic acids is 2. The first kappa shape index (κ1) is 16.3. The zero-order valence-corrected chi connectivity index (χ0v) is 12.5. The predicted molar refractivity (Wildman–Crippen MR) is 77.8 cm³/mol. The Morgan fingerprint density at radius 3 is 2.86 bits per heavy atom. The third-order valence-corrected chi connectivity index (χ3v) is 3.31. The van der Waals surface area contributed by atoms with Crippen LogP contribution in [-0.4, -0.2) is 36.4 Å². The fraction of sp³-hybridized carbons (Fsp3) is 0.500. The summed E-state index contributed by atoms with van der Waals surface area (Å²) in [6.07, 6.45) is -0.0378. The molecule has 1 aromatic rings. The minimum atomic E-state index is -0.771. The molecule has 6 heteroatoms. The van der Waals surface area contributed by atoms with Gasteiger partial charge in [-0.05, 0) is 37.5 Å². The van der Waals surface area contributed by atoms with Crippen molar-refractivity contribution in [1.29, 1.82) is 0 Å². The predicted octanol–water partition coefficient (Wildman–Crippen LogP) is 1.62. The standard InChI is InChI=1S/C16H20O6/c1-2-20-16(19)9-13(18)8-12(17)5-3-11-4-6-14-15(7-11)22-10-21-14/h4,6-7,12,17H,2-3,5,8-10H2,1H3. The smallest absolute Gasteiger partial charge is 0.313 e. The number of hydrogen-bond donors (Lipinski definition) is 1. The summed E-state index contributed by atoms with van der Waals surface area (Å²) in [6, 6.07) is 5.60. The summed E-state index contributed by atoms with van der Waals surface area (Å²) in [5.41, 5.74) is 1.00. The van der Waals surface area contributed by atoms with E-state index in [0.29, 0.717) is 24.3 Å². The van der Waals surface area contributed by atoms with Gasteiger partial charge in [-0.15, -0.1) is 0 Å². The molecule has 0 amide bonds. The fourth-order valence-electron chi connectivity index (χ4n) is 2.24. The van der Waals surface area contributed by atoms with Gasteiger partial charge in [0.25, 0.3) is 0 Å². The normalized spacial score (nSPS) is 13.7. The van der Waals surface area contributed by atoms with Gasteiger partial charge in [0.05, 0.1) is 12.7 Å². The second-order valence-electron chi connectivity index (χ2n) is 5.10. The lowest BCUT2D eigenvalue weighted by Gasteiger charge is -2.10. The number of aliphatic hydroxyl groups is 1. The third-order valence-electron chi connectivity index (χ3n) is 3.31. The molecule has 1 N–H and O–H groups in total. The number of ketones is 1. The lowest BCUT2D eigenvalue weighted by Crippen LogP contribution is -2.18. The Balaban J connectivity index is 1.74. The van der Waals surface area contributed by atoms with Gasteiger partial charge in [0.1, 0.15) is 12.2 Å². The first-order chi connectivity index (χ1) is 10.6. The van der Waals surface area contributed by atoms with Gasteiger partial charge < -0.3 is 19.3 Å². The van der Waals surface area contributed by atoms with Gasteiger partial charge in [-0.1, -0.05) is 6.07 Å². The van der Waals surface area contributed by atoms with Gasteiger partial charge in [0.15, 0.2) is 11.5 Å². The highest BCUT2D eigenvalue weighted by molar-refractivity contribution is 5.95. The van der Waals surface area contributed by atoms with E-state index >= 15 is 0 Å². The van der Waals surface area contributed by atoms with Crippen molar-refractivity contribution in [3.63, 3.8) is 0 Å². The number of carbonyl (C=O) groups is 2. The molecule has 0 bridgehead atoms. The van der Waals surface area contributed by atoms with Crippen molar-refractivity contribution < 1.29 is 28.9 Å². The molecule has 0 aromatic heterocycles. The monoisotopic (exact) mass is 308 g/mol. The van der Waals surface area contributed by atoms with Crippen LogP contribution in [-0.2, 0) is 20.7 Å². The molecule has 0 fully saturated rings. The molecule has 1 atom stereocenters. The van der Waals surface area contributed by atoms with Gasteiger partial charge in [-0.25, -0.2) is 0 Å². The number of aliphatic hydroxyl groups excluding tert-OH is 1. The Hall–Kier alpha value is -2.08. The van der Waals surface area contributed by atoms with E-state index in [9.17, 15) is 14.7 Å². The summed E-state index contributed by atoms with van der Waals surface area (Å²) in [5, 5.41) is 9.89. The maximum absolute atomic E-state index is 11.6. The maximum atomic E-state index is 11.6.